The number of nitrogens with one attached hydrogen (secondary N) is 1. The quantitative estimate of drug-likeness (QED) is 0.779. The van der Waals surface area contributed by atoms with Crippen LogP contribution in [-0.2, 0) is 6.42 Å². The number of aromatic nitrogens is 3. The van der Waals surface area contributed by atoms with E-state index in [9.17, 15) is 4.79 Å². The number of para-hydroxylation sites is 1. The summed E-state index contributed by atoms with van der Waals surface area (Å²) >= 11 is 1.36. The van der Waals surface area contributed by atoms with Crippen molar-refractivity contribution in [1.29, 1.82) is 0 Å². The van der Waals surface area contributed by atoms with Gasteiger partial charge >= 0.3 is 0 Å². The smallest absolute Gasteiger partial charge is 0.267 e. The molecule has 3 rings (SSSR count). The Hall–Kier alpha value is -2.47. The fourth-order valence-corrected chi connectivity index (χ4v) is 3.61. The predicted octanol–water partition coefficient (Wildman–Crippen LogP) is 4.07. The molecule has 1 amide bonds. The van der Waals surface area contributed by atoms with E-state index in [0.717, 1.165) is 29.1 Å². The van der Waals surface area contributed by atoms with E-state index in [1.54, 1.807) is 4.68 Å². The Bertz CT molecular complexity index is 894. The van der Waals surface area contributed by atoms with E-state index >= 15 is 0 Å². The van der Waals surface area contributed by atoms with E-state index in [1.807, 2.05) is 51.1 Å². The molecule has 0 unspecified atom stereocenters. The van der Waals surface area contributed by atoms with Gasteiger partial charge in [0.25, 0.3) is 5.91 Å². The number of rotatable bonds is 4. The first kappa shape index (κ1) is 16.4. The molecule has 0 radical (unpaired) electrons. The van der Waals surface area contributed by atoms with Gasteiger partial charge in [0.15, 0.2) is 0 Å². The van der Waals surface area contributed by atoms with Crippen LogP contribution in [0.1, 0.15) is 39.2 Å². The molecule has 2 heterocycles. The van der Waals surface area contributed by atoms with Gasteiger partial charge in [0.05, 0.1) is 11.4 Å². The zero-order chi connectivity index (χ0) is 17.3. The number of nitrogens with zero attached hydrogens (tertiary/aromatic N) is 3. The summed E-state index contributed by atoms with van der Waals surface area (Å²) in [6.45, 7) is 7.85. The number of amides is 1. The van der Waals surface area contributed by atoms with Gasteiger partial charge in [-0.05, 0) is 44.9 Å². The topological polar surface area (TPSA) is 59.8 Å². The van der Waals surface area contributed by atoms with Crippen LogP contribution in [0.25, 0.3) is 5.13 Å². The second-order valence-corrected chi connectivity index (χ2v) is 6.69. The first-order chi connectivity index (χ1) is 11.5. The minimum atomic E-state index is -0.126. The monoisotopic (exact) mass is 340 g/mol. The Morgan fingerprint density at radius 2 is 2.00 bits per heavy atom. The fourth-order valence-electron chi connectivity index (χ4n) is 2.64. The molecule has 0 bridgehead atoms. The second kappa shape index (κ2) is 6.57. The molecule has 0 saturated heterocycles. The summed E-state index contributed by atoms with van der Waals surface area (Å²) in [6, 6.07) is 9.85. The van der Waals surface area contributed by atoms with Crippen molar-refractivity contribution in [3.63, 3.8) is 0 Å². The Kier molecular flexibility index (Phi) is 4.49. The number of hydrogen-bond donors (Lipinski definition) is 1. The van der Waals surface area contributed by atoms with Crippen molar-refractivity contribution in [3.05, 3.63) is 57.9 Å². The molecule has 0 aliphatic rings. The standard InChI is InChI=1S/C18H20N4OS/c1-5-14-8-6-7-9-15(14)20-17(23)16-13(4)19-18(24-16)22-12(3)10-11(2)21-22/h6-10H,5H2,1-4H3,(H,20,23). The lowest BCUT2D eigenvalue weighted by molar-refractivity contribution is 0.102. The summed E-state index contributed by atoms with van der Waals surface area (Å²) < 4.78 is 1.78. The number of thiazole rings is 1. The Balaban J connectivity index is 1.90. The highest BCUT2D eigenvalue weighted by Crippen LogP contribution is 2.25. The maximum absolute atomic E-state index is 12.7. The molecular weight excluding hydrogens is 320 g/mol. The van der Waals surface area contributed by atoms with Gasteiger partial charge in [0.1, 0.15) is 4.88 Å². The molecule has 0 saturated carbocycles. The normalized spacial score (nSPS) is 10.8. The van der Waals surface area contributed by atoms with Gasteiger partial charge in [-0.15, -0.1) is 0 Å². The second-order valence-electron chi connectivity index (χ2n) is 5.71. The number of carbonyl (C=O) groups excluding carboxylic acids is 1. The molecule has 0 fully saturated rings. The largest absolute Gasteiger partial charge is 0.321 e. The molecule has 1 aromatic carbocycles. The van der Waals surface area contributed by atoms with Crippen molar-refractivity contribution in [1.82, 2.24) is 14.8 Å². The Morgan fingerprint density at radius 1 is 1.25 bits per heavy atom. The first-order valence-corrected chi connectivity index (χ1v) is 8.71. The molecular formula is C18H20N4OS. The van der Waals surface area contributed by atoms with E-state index in [4.69, 9.17) is 0 Å². The third-order valence-corrected chi connectivity index (χ3v) is 4.96. The maximum atomic E-state index is 12.7. The van der Waals surface area contributed by atoms with Crippen molar-refractivity contribution in [2.45, 2.75) is 34.1 Å². The lowest BCUT2D eigenvalue weighted by atomic mass is 10.1. The SMILES string of the molecule is CCc1ccccc1NC(=O)c1sc(-n2nc(C)cc2C)nc1C. The number of carbonyl (C=O) groups is 1. The van der Waals surface area contributed by atoms with Crippen LogP contribution in [-0.4, -0.2) is 20.7 Å². The van der Waals surface area contributed by atoms with Crippen LogP contribution >= 0.6 is 11.3 Å². The summed E-state index contributed by atoms with van der Waals surface area (Å²) in [6.07, 6.45) is 0.870. The predicted molar refractivity (Wildman–Crippen MR) is 97.2 cm³/mol. The zero-order valence-corrected chi connectivity index (χ0v) is 15.1. The molecule has 2 aromatic heterocycles. The summed E-state index contributed by atoms with van der Waals surface area (Å²) in [7, 11) is 0. The minimum Gasteiger partial charge on any atom is -0.321 e. The third-order valence-electron chi connectivity index (χ3n) is 3.83. The van der Waals surface area contributed by atoms with Gasteiger partial charge in [0.2, 0.25) is 5.13 Å². The highest BCUT2D eigenvalue weighted by Gasteiger charge is 2.18. The maximum Gasteiger partial charge on any atom is 0.267 e. The van der Waals surface area contributed by atoms with Gasteiger partial charge in [-0.3, -0.25) is 4.79 Å². The number of benzene rings is 1. The van der Waals surface area contributed by atoms with E-state index in [-0.39, 0.29) is 5.91 Å². The van der Waals surface area contributed by atoms with Crippen LogP contribution < -0.4 is 5.32 Å². The molecule has 6 heteroatoms. The molecule has 5 nitrogen and oxygen atoms in total. The average Bonchev–Trinajstić information content (AvgIpc) is 3.09. The molecule has 24 heavy (non-hydrogen) atoms. The first-order valence-electron chi connectivity index (χ1n) is 7.90. The molecule has 124 valence electrons. The van der Waals surface area contributed by atoms with Crippen LogP contribution in [0, 0.1) is 20.8 Å². The molecule has 0 spiro atoms. The molecule has 0 aliphatic carbocycles. The Labute approximate surface area is 145 Å². The molecule has 0 aliphatic heterocycles. The van der Waals surface area contributed by atoms with Crippen LogP contribution in [0.15, 0.2) is 30.3 Å². The van der Waals surface area contributed by atoms with Crippen molar-refractivity contribution in [2.24, 2.45) is 0 Å². The van der Waals surface area contributed by atoms with E-state index in [2.05, 4.69) is 22.3 Å². The van der Waals surface area contributed by atoms with Gasteiger partial charge < -0.3 is 5.32 Å². The van der Waals surface area contributed by atoms with Gasteiger partial charge in [-0.1, -0.05) is 36.5 Å². The number of aryl methyl sites for hydroxylation is 4. The van der Waals surface area contributed by atoms with E-state index < -0.39 is 0 Å². The van der Waals surface area contributed by atoms with Gasteiger partial charge in [-0.25, -0.2) is 9.67 Å². The lowest BCUT2D eigenvalue weighted by Gasteiger charge is -2.08. The minimum absolute atomic E-state index is 0.126. The summed E-state index contributed by atoms with van der Waals surface area (Å²) in [5.41, 5.74) is 4.62. The fraction of sp³-hybridized carbons (Fsp3) is 0.278. The van der Waals surface area contributed by atoms with E-state index in [1.165, 1.54) is 11.3 Å². The Morgan fingerprint density at radius 3 is 2.67 bits per heavy atom. The zero-order valence-electron chi connectivity index (χ0n) is 14.3. The van der Waals surface area contributed by atoms with E-state index in [0.29, 0.717) is 15.7 Å². The lowest BCUT2D eigenvalue weighted by Crippen LogP contribution is -2.12. The average molecular weight is 340 g/mol. The number of anilines is 1. The van der Waals surface area contributed by atoms with Crippen LogP contribution in [0.4, 0.5) is 5.69 Å². The highest BCUT2D eigenvalue weighted by molar-refractivity contribution is 7.16. The van der Waals surface area contributed by atoms with Crippen molar-refractivity contribution in [3.8, 4) is 5.13 Å². The summed E-state index contributed by atoms with van der Waals surface area (Å²) in [4.78, 5) is 17.8. The van der Waals surface area contributed by atoms with Gasteiger partial charge in [0, 0.05) is 11.4 Å². The molecule has 1 N–H and O–H groups in total. The summed E-state index contributed by atoms with van der Waals surface area (Å²) in [5, 5.41) is 8.16. The van der Waals surface area contributed by atoms with Crippen LogP contribution in [0.5, 0.6) is 0 Å². The van der Waals surface area contributed by atoms with Gasteiger partial charge in [-0.2, -0.15) is 5.10 Å². The highest BCUT2D eigenvalue weighted by atomic mass is 32.1. The summed E-state index contributed by atoms with van der Waals surface area (Å²) in [5.74, 6) is -0.126. The van der Waals surface area contributed by atoms with Crippen molar-refractivity contribution < 1.29 is 4.79 Å². The van der Waals surface area contributed by atoms with Crippen LogP contribution in [0.2, 0.25) is 0 Å². The van der Waals surface area contributed by atoms with Crippen LogP contribution in [0.3, 0.4) is 0 Å². The van der Waals surface area contributed by atoms with Crippen molar-refractivity contribution >= 4 is 22.9 Å². The molecule has 3 aromatic rings. The van der Waals surface area contributed by atoms with Crippen molar-refractivity contribution in [2.75, 3.05) is 5.32 Å². The number of hydrogen-bond acceptors (Lipinski definition) is 4. The third kappa shape index (κ3) is 3.10. The molecule has 0 atom stereocenters.